The third-order valence-electron chi connectivity index (χ3n) is 4.69. The first-order chi connectivity index (χ1) is 13.1. The van der Waals surface area contributed by atoms with Gasteiger partial charge >= 0.3 is 0 Å². The van der Waals surface area contributed by atoms with Gasteiger partial charge in [-0.05, 0) is 25.1 Å². The van der Waals surface area contributed by atoms with Crippen molar-refractivity contribution in [3.8, 4) is 0 Å². The molecule has 0 atom stereocenters. The van der Waals surface area contributed by atoms with Gasteiger partial charge in [-0.25, -0.2) is 4.98 Å². The minimum Gasteiger partial charge on any atom is -0.378 e. The van der Waals surface area contributed by atoms with Crippen molar-refractivity contribution in [3.05, 3.63) is 59.9 Å². The number of aryl methyl sites for hydroxylation is 1. The lowest BCUT2D eigenvalue weighted by molar-refractivity contribution is 0.809. The molecular weight excluding hydrogens is 338 g/mol. The van der Waals surface area contributed by atoms with Crippen molar-refractivity contribution in [1.82, 2.24) is 19.7 Å². The van der Waals surface area contributed by atoms with Crippen LogP contribution >= 0.6 is 0 Å². The van der Waals surface area contributed by atoms with Crippen molar-refractivity contribution in [1.29, 1.82) is 0 Å². The van der Waals surface area contributed by atoms with Crippen LogP contribution in [-0.4, -0.2) is 39.6 Å². The van der Waals surface area contributed by atoms with Gasteiger partial charge in [0.1, 0.15) is 11.2 Å². The Morgan fingerprint density at radius 1 is 1.07 bits per heavy atom. The third-order valence-corrected chi connectivity index (χ3v) is 4.69. The smallest absolute Gasteiger partial charge is 0.204 e. The molecule has 0 saturated carbocycles. The second-order valence-corrected chi connectivity index (χ2v) is 6.49. The van der Waals surface area contributed by atoms with Gasteiger partial charge in [0.25, 0.3) is 0 Å². The molecule has 4 rings (SSSR count). The Hall–Kier alpha value is -3.48. The highest BCUT2D eigenvalue weighted by atomic mass is 15.2. The quantitative estimate of drug-likeness (QED) is 0.344. The lowest BCUT2D eigenvalue weighted by atomic mass is 10.1. The molecule has 2 aromatic heterocycles. The molecule has 0 amide bonds. The molecule has 0 bridgehead atoms. The first-order valence-electron chi connectivity index (χ1n) is 8.81. The standard InChI is InChI=1S/C20H21N7/c1-4-27-16-8-6-5-7-15(16)18-20(27)22-19(25-24-18)17(23-21)13-9-11-14(12-10-13)26(2)3/h5-12H,4,21H2,1-3H3. The number of hydrogen-bond donors (Lipinski definition) is 1. The second kappa shape index (κ2) is 6.68. The van der Waals surface area contributed by atoms with E-state index in [0.29, 0.717) is 11.5 Å². The number of fused-ring (bicyclic) bond motifs is 3. The first-order valence-corrected chi connectivity index (χ1v) is 8.81. The number of anilines is 1. The summed E-state index contributed by atoms with van der Waals surface area (Å²) in [7, 11) is 3.99. The lowest BCUT2D eigenvalue weighted by Crippen LogP contribution is -2.14. The minimum atomic E-state index is 0.417. The summed E-state index contributed by atoms with van der Waals surface area (Å²) in [6.45, 7) is 2.88. The Morgan fingerprint density at radius 3 is 2.48 bits per heavy atom. The fourth-order valence-electron chi connectivity index (χ4n) is 3.30. The largest absolute Gasteiger partial charge is 0.378 e. The molecule has 0 fully saturated rings. The number of hydrazone groups is 1. The molecule has 0 radical (unpaired) electrons. The number of nitrogens with zero attached hydrogens (tertiary/aromatic N) is 6. The molecular formula is C20H21N7. The summed E-state index contributed by atoms with van der Waals surface area (Å²) in [6, 6.07) is 16.1. The van der Waals surface area contributed by atoms with Crippen molar-refractivity contribution < 1.29 is 0 Å². The first kappa shape index (κ1) is 17.0. The summed E-state index contributed by atoms with van der Waals surface area (Å²) in [4.78, 5) is 6.79. The molecule has 2 heterocycles. The molecule has 0 saturated heterocycles. The van der Waals surface area contributed by atoms with E-state index >= 15 is 0 Å². The predicted molar refractivity (Wildman–Crippen MR) is 109 cm³/mol. The number of hydrogen-bond acceptors (Lipinski definition) is 6. The summed E-state index contributed by atoms with van der Waals surface area (Å²) < 4.78 is 2.13. The van der Waals surface area contributed by atoms with Crippen LogP contribution in [0.2, 0.25) is 0 Å². The molecule has 27 heavy (non-hydrogen) atoms. The molecule has 7 heteroatoms. The number of para-hydroxylation sites is 1. The van der Waals surface area contributed by atoms with Crippen LogP contribution in [0.25, 0.3) is 22.1 Å². The number of nitrogens with two attached hydrogens (primary N) is 1. The Kier molecular flexibility index (Phi) is 4.19. The van der Waals surface area contributed by atoms with E-state index < -0.39 is 0 Å². The maximum atomic E-state index is 5.69. The zero-order valence-corrected chi connectivity index (χ0v) is 15.6. The van der Waals surface area contributed by atoms with Gasteiger partial charge in [0.2, 0.25) is 5.82 Å². The van der Waals surface area contributed by atoms with Crippen molar-refractivity contribution in [2.45, 2.75) is 13.5 Å². The van der Waals surface area contributed by atoms with Gasteiger partial charge in [-0.15, -0.1) is 10.2 Å². The third kappa shape index (κ3) is 2.77. The van der Waals surface area contributed by atoms with Crippen LogP contribution in [0.1, 0.15) is 18.3 Å². The number of aromatic nitrogens is 4. The number of benzene rings is 2. The van der Waals surface area contributed by atoms with Crippen LogP contribution in [-0.2, 0) is 6.54 Å². The van der Waals surface area contributed by atoms with Crippen molar-refractivity contribution in [2.75, 3.05) is 19.0 Å². The zero-order valence-electron chi connectivity index (χ0n) is 15.6. The molecule has 2 N–H and O–H groups in total. The molecule has 0 aliphatic carbocycles. The maximum absolute atomic E-state index is 5.69. The van der Waals surface area contributed by atoms with Crippen LogP contribution in [0.15, 0.2) is 53.6 Å². The predicted octanol–water partition coefficient (Wildman–Crippen LogP) is 2.78. The Bertz CT molecular complexity index is 1140. The zero-order chi connectivity index (χ0) is 19.0. The topological polar surface area (TPSA) is 85.2 Å². The van der Waals surface area contributed by atoms with Gasteiger partial charge in [-0.1, -0.05) is 30.3 Å². The highest BCUT2D eigenvalue weighted by Crippen LogP contribution is 2.26. The van der Waals surface area contributed by atoms with E-state index in [1.165, 1.54) is 0 Å². The van der Waals surface area contributed by atoms with E-state index in [4.69, 9.17) is 10.8 Å². The molecule has 0 unspecified atom stereocenters. The van der Waals surface area contributed by atoms with E-state index in [1.54, 1.807) is 0 Å². The van der Waals surface area contributed by atoms with Crippen molar-refractivity contribution >= 4 is 33.5 Å². The fraction of sp³-hybridized carbons (Fsp3) is 0.200. The highest BCUT2D eigenvalue weighted by molar-refractivity contribution is 6.12. The normalized spacial score (nSPS) is 12.0. The molecule has 7 nitrogen and oxygen atoms in total. The summed E-state index contributed by atoms with van der Waals surface area (Å²) in [5.74, 6) is 6.10. The van der Waals surface area contributed by atoms with E-state index in [9.17, 15) is 0 Å². The molecule has 0 spiro atoms. The average molecular weight is 359 g/mol. The van der Waals surface area contributed by atoms with E-state index in [0.717, 1.165) is 39.9 Å². The molecule has 0 aliphatic rings. The molecule has 136 valence electrons. The highest BCUT2D eigenvalue weighted by Gasteiger charge is 2.17. The van der Waals surface area contributed by atoms with E-state index in [-0.39, 0.29) is 0 Å². The molecule has 2 aromatic carbocycles. The van der Waals surface area contributed by atoms with Gasteiger partial charge < -0.3 is 15.3 Å². The lowest BCUT2D eigenvalue weighted by Gasteiger charge is -2.12. The van der Waals surface area contributed by atoms with Crippen LogP contribution in [0, 0.1) is 0 Å². The second-order valence-electron chi connectivity index (χ2n) is 6.49. The van der Waals surface area contributed by atoms with Crippen LogP contribution < -0.4 is 10.7 Å². The molecule has 4 aromatic rings. The Balaban J connectivity index is 1.86. The SMILES string of the molecule is CCn1c2ccccc2c2nnc(C(=NN)c3ccc(N(C)C)cc3)nc21. The van der Waals surface area contributed by atoms with Crippen LogP contribution in [0.4, 0.5) is 5.69 Å². The number of rotatable bonds is 4. The fourth-order valence-corrected chi connectivity index (χ4v) is 3.30. The van der Waals surface area contributed by atoms with Gasteiger partial charge in [0, 0.05) is 37.3 Å². The van der Waals surface area contributed by atoms with Crippen LogP contribution in [0.3, 0.4) is 0 Å². The molecule has 0 aliphatic heterocycles. The minimum absolute atomic E-state index is 0.417. The van der Waals surface area contributed by atoms with Gasteiger partial charge in [0.05, 0.1) is 5.52 Å². The maximum Gasteiger partial charge on any atom is 0.204 e. The van der Waals surface area contributed by atoms with Gasteiger partial charge in [-0.3, -0.25) is 0 Å². The summed E-state index contributed by atoms with van der Waals surface area (Å²) in [5.41, 5.74) is 5.13. The van der Waals surface area contributed by atoms with E-state index in [2.05, 4.69) is 32.9 Å². The van der Waals surface area contributed by atoms with Crippen molar-refractivity contribution in [3.63, 3.8) is 0 Å². The van der Waals surface area contributed by atoms with Crippen molar-refractivity contribution in [2.24, 2.45) is 10.9 Å². The monoisotopic (exact) mass is 359 g/mol. The van der Waals surface area contributed by atoms with Gasteiger partial charge in [-0.2, -0.15) is 5.10 Å². The Labute approximate surface area is 157 Å². The average Bonchev–Trinajstić information content (AvgIpc) is 3.02. The van der Waals surface area contributed by atoms with E-state index in [1.807, 2.05) is 61.5 Å². The summed E-state index contributed by atoms with van der Waals surface area (Å²) in [6.07, 6.45) is 0. The summed E-state index contributed by atoms with van der Waals surface area (Å²) >= 11 is 0. The summed E-state index contributed by atoms with van der Waals surface area (Å²) in [5, 5.41) is 13.7. The van der Waals surface area contributed by atoms with Crippen LogP contribution in [0.5, 0.6) is 0 Å². The van der Waals surface area contributed by atoms with Gasteiger partial charge in [0.15, 0.2) is 5.65 Å². The Morgan fingerprint density at radius 2 is 1.81 bits per heavy atom.